The molecule has 82 valence electrons. The number of benzene rings is 1. The normalized spacial score (nSPS) is 17.2. The molecule has 0 radical (unpaired) electrons. The van der Waals surface area contributed by atoms with Crippen molar-refractivity contribution in [2.24, 2.45) is 0 Å². The molecule has 1 aliphatic rings. The van der Waals surface area contributed by atoms with Crippen molar-refractivity contribution < 1.29 is 5.11 Å². The highest BCUT2D eigenvalue weighted by atomic mass is 79.9. The van der Waals surface area contributed by atoms with Gasteiger partial charge in [-0.25, -0.2) is 0 Å². The number of hydrogen-bond donors (Lipinski definition) is 1. The van der Waals surface area contributed by atoms with Gasteiger partial charge in [-0.05, 0) is 30.5 Å². The van der Waals surface area contributed by atoms with Gasteiger partial charge in [0, 0.05) is 14.6 Å². The predicted octanol–water partition coefficient (Wildman–Crippen LogP) is 3.98. The van der Waals surface area contributed by atoms with Gasteiger partial charge in [-0.1, -0.05) is 34.8 Å². The van der Waals surface area contributed by atoms with Crippen LogP contribution in [0.15, 0.2) is 27.6 Å². The van der Waals surface area contributed by atoms with Gasteiger partial charge < -0.3 is 5.11 Å². The van der Waals surface area contributed by atoms with E-state index in [2.05, 4.69) is 28.1 Å². The van der Waals surface area contributed by atoms with Crippen LogP contribution in [0.25, 0.3) is 0 Å². The minimum atomic E-state index is 0.106. The second-order valence-corrected chi connectivity index (χ2v) is 6.16. The first-order valence-electron chi connectivity index (χ1n) is 5.35. The summed E-state index contributed by atoms with van der Waals surface area (Å²) in [4.78, 5) is 1.31. The summed E-state index contributed by atoms with van der Waals surface area (Å²) in [5.41, 5.74) is 0.964. The second kappa shape index (κ2) is 5.37. The molecule has 1 N–H and O–H groups in total. The zero-order chi connectivity index (χ0) is 10.7. The van der Waals surface area contributed by atoms with Crippen molar-refractivity contribution in [3.05, 3.63) is 28.2 Å². The summed E-state index contributed by atoms with van der Waals surface area (Å²) >= 11 is 5.46. The number of thioether (sulfide) groups is 1. The average molecular weight is 287 g/mol. The summed E-state index contributed by atoms with van der Waals surface area (Å²) in [6.07, 6.45) is 5.47. The smallest absolute Gasteiger partial charge is 0.0692 e. The van der Waals surface area contributed by atoms with Crippen LogP contribution in [-0.4, -0.2) is 10.4 Å². The molecule has 1 fully saturated rings. The molecule has 0 heterocycles. The van der Waals surface area contributed by atoms with Crippen molar-refractivity contribution in [2.45, 2.75) is 42.4 Å². The van der Waals surface area contributed by atoms with Crippen LogP contribution in [0.2, 0.25) is 0 Å². The summed E-state index contributed by atoms with van der Waals surface area (Å²) in [5, 5.41) is 9.86. The number of aliphatic hydroxyl groups excluding tert-OH is 1. The number of halogens is 1. The molecule has 1 aromatic carbocycles. The van der Waals surface area contributed by atoms with Crippen molar-refractivity contribution in [1.29, 1.82) is 0 Å². The van der Waals surface area contributed by atoms with Crippen LogP contribution in [0.4, 0.5) is 0 Å². The molecule has 1 saturated carbocycles. The zero-order valence-electron chi connectivity index (χ0n) is 8.58. The first-order valence-corrected chi connectivity index (χ1v) is 7.03. The van der Waals surface area contributed by atoms with E-state index >= 15 is 0 Å². The Morgan fingerprint density at radius 3 is 2.67 bits per heavy atom. The van der Waals surface area contributed by atoms with E-state index in [9.17, 15) is 0 Å². The minimum absolute atomic E-state index is 0.106. The maximum Gasteiger partial charge on any atom is 0.0692 e. The van der Waals surface area contributed by atoms with E-state index in [1.54, 1.807) is 0 Å². The Morgan fingerprint density at radius 1 is 1.33 bits per heavy atom. The molecule has 0 aromatic heterocycles. The quantitative estimate of drug-likeness (QED) is 0.907. The van der Waals surface area contributed by atoms with Crippen molar-refractivity contribution in [3.63, 3.8) is 0 Å². The zero-order valence-corrected chi connectivity index (χ0v) is 11.0. The highest BCUT2D eigenvalue weighted by Gasteiger charge is 2.16. The van der Waals surface area contributed by atoms with Gasteiger partial charge in [0.25, 0.3) is 0 Å². The third kappa shape index (κ3) is 2.99. The lowest BCUT2D eigenvalue weighted by molar-refractivity contribution is 0.281. The summed E-state index contributed by atoms with van der Waals surface area (Å²) in [6, 6.07) is 6.23. The van der Waals surface area contributed by atoms with Crippen LogP contribution < -0.4 is 0 Å². The van der Waals surface area contributed by atoms with E-state index in [4.69, 9.17) is 5.11 Å². The van der Waals surface area contributed by atoms with Gasteiger partial charge in [-0.3, -0.25) is 0 Å². The standard InChI is InChI=1S/C12H15BrOS/c13-12-7-11(6-5-9(12)8-14)15-10-3-1-2-4-10/h5-7,10,14H,1-4,8H2. The van der Waals surface area contributed by atoms with E-state index in [1.807, 2.05) is 17.8 Å². The Balaban J connectivity index is 2.05. The molecule has 1 aliphatic carbocycles. The first-order chi connectivity index (χ1) is 7.29. The van der Waals surface area contributed by atoms with Crippen LogP contribution in [0.3, 0.4) is 0 Å². The molecule has 0 amide bonds. The lowest BCUT2D eigenvalue weighted by Crippen LogP contribution is -1.93. The average Bonchev–Trinajstić information content (AvgIpc) is 2.71. The molecular weight excluding hydrogens is 272 g/mol. The lowest BCUT2D eigenvalue weighted by Gasteiger charge is -2.10. The van der Waals surface area contributed by atoms with Crippen molar-refractivity contribution >= 4 is 27.7 Å². The van der Waals surface area contributed by atoms with Crippen molar-refractivity contribution in [2.75, 3.05) is 0 Å². The molecule has 0 spiro atoms. The maximum absolute atomic E-state index is 9.06. The third-order valence-corrected chi connectivity index (χ3v) is 4.87. The van der Waals surface area contributed by atoms with Gasteiger partial charge in [0.15, 0.2) is 0 Å². The molecule has 0 unspecified atom stereocenters. The number of rotatable bonds is 3. The fraction of sp³-hybridized carbons (Fsp3) is 0.500. The largest absolute Gasteiger partial charge is 0.392 e. The van der Waals surface area contributed by atoms with E-state index in [1.165, 1.54) is 30.6 Å². The molecule has 1 aromatic rings. The molecular formula is C12H15BrOS. The van der Waals surface area contributed by atoms with Gasteiger partial charge in [0.1, 0.15) is 0 Å². The first kappa shape index (κ1) is 11.5. The Labute approximate surface area is 103 Å². The highest BCUT2D eigenvalue weighted by Crippen LogP contribution is 2.36. The topological polar surface area (TPSA) is 20.2 Å². The minimum Gasteiger partial charge on any atom is -0.392 e. The van der Waals surface area contributed by atoms with Crippen molar-refractivity contribution in [3.8, 4) is 0 Å². The van der Waals surface area contributed by atoms with Gasteiger partial charge in [-0.2, -0.15) is 0 Å². The monoisotopic (exact) mass is 286 g/mol. The van der Waals surface area contributed by atoms with Gasteiger partial charge >= 0.3 is 0 Å². The van der Waals surface area contributed by atoms with Gasteiger partial charge in [-0.15, -0.1) is 11.8 Å². The van der Waals surface area contributed by atoms with E-state index < -0.39 is 0 Å². The van der Waals surface area contributed by atoms with Gasteiger partial charge in [0.2, 0.25) is 0 Å². The van der Waals surface area contributed by atoms with Crippen molar-refractivity contribution in [1.82, 2.24) is 0 Å². The summed E-state index contributed by atoms with van der Waals surface area (Å²) in [5.74, 6) is 0. The molecule has 2 rings (SSSR count). The van der Waals surface area contributed by atoms with E-state index in [0.717, 1.165) is 15.3 Å². The highest BCUT2D eigenvalue weighted by molar-refractivity contribution is 9.10. The Morgan fingerprint density at radius 2 is 2.07 bits per heavy atom. The molecule has 0 saturated heterocycles. The molecule has 15 heavy (non-hydrogen) atoms. The fourth-order valence-corrected chi connectivity index (χ4v) is 3.87. The summed E-state index contributed by atoms with van der Waals surface area (Å²) < 4.78 is 1.02. The molecule has 3 heteroatoms. The second-order valence-electron chi connectivity index (χ2n) is 3.94. The van der Waals surface area contributed by atoms with E-state index in [-0.39, 0.29) is 6.61 Å². The predicted molar refractivity (Wildman–Crippen MR) is 68.2 cm³/mol. The summed E-state index contributed by atoms with van der Waals surface area (Å²) in [7, 11) is 0. The Hall–Kier alpha value is 0.01000. The molecule has 0 atom stereocenters. The Bertz CT molecular complexity index is 334. The third-order valence-electron chi connectivity index (χ3n) is 2.80. The lowest BCUT2D eigenvalue weighted by atomic mass is 10.2. The van der Waals surface area contributed by atoms with Crippen LogP contribution in [0.1, 0.15) is 31.2 Å². The van der Waals surface area contributed by atoms with Gasteiger partial charge in [0.05, 0.1) is 6.61 Å². The Kier molecular flexibility index (Phi) is 4.12. The number of aliphatic hydroxyl groups is 1. The van der Waals surface area contributed by atoms with Crippen LogP contribution in [0.5, 0.6) is 0 Å². The fourth-order valence-electron chi connectivity index (χ4n) is 1.93. The molecule has 0 bridgehead atoms. The maximum atomic E-state index is 9.06. The van der Waals surface area contributed by atoms with Crippen LogP contribution in [0, 0.1) is 0 Å². The summed E-state index contributed by atoms with van der Waals surface area (Å²) in [6.45, 7) is 0.106. The molecule has 0 aliphatic heterocycles. The molecule has 1 nitrogen and oxygen atoms in total. The van der Waals surface area contributed by atoms with Crippen LogP contribution in [-0.2, 0) is 6.61 Å². The number of hydrogen-bond acceptors (Lipinski definition) is 2. The van der Waals surface area contributed by atoms with Crippen LogP contribution >= 0.6 is 27.7 Å². The SMILES string of the molecule is OCc1ccc(SC2CCCC2)cc1Br. The van der Waals surface area contributed by atoms with E-state index in [0.29, 0.717) is 0 Å².